The van der Waals surface area contributed by atoms with Gasteiger partial charge >= 0.3 is 11.9 Å². The summed E-state index contributed by atoms with van der Waals surface area (Å²) < 4.78 is 31.9. The molecule has 2 aliphatic rings. The number of aliphatic carboxylic acids is 2. The number of hydrogen-bond acceptors (Lipinski definition) is 7. The number of rotatable bonds is 10. The highest BCUT2D eigenvalue weighted by Gasteiger charge is 2.26. The molecular formula is C29H35F2N3O5S. The predicted molar refractivity (Wildman–Crippen MR) is 152 cm³/mol. The van der Waals surface area contributed by atoms with Gasteiger partial charge < -0.3 is 24.7 Å². The molecule has 2 aromatic rings. The Bertz CT molecular complexity index is 1190. The minimum atomic E-state index is -1.26. The molecule has 4 rings (SSSR count). The van der Waals surface area contributed by atoms with Crippen LogP contribution in [0.25, 0.3) is 0 Å². The lowest BCUT2D eigenvalue weighted by molar-refractivity contribution is -0.134. The normalized spacial score (nSPS) is 15.6. The summed E-state index contributed by atoms with van der Waals surface area (Å²) in [5, 5.41) is 16.8. The van der Waals surface area contributed by atoms with E-state index in [-0.39, 0.29) is 0 Å². The average molecular weight is 576 g/mol. The highest BCUT2D eigenvalue weighted by molar-refractivity contribution is 8.13. The number of amidine groups is 1. The molecule has 1 fully saturated rings. The number of hydrogen-bond donors (Lipinski definition) is 2. The molecule has 0 radical (unpaired) electrons. The Morgan fingerprint density at radius 3 is 2.45 bits per heavy atom. The van der Waals surface area contributed by atoms with Gasteiger partial charge in [-0.1, -0.05) is 36.0 Å². The van der Waals surface area contributed by atoms with Crippen LogP contribution in [0.4, 0.5) is 14.5 Å². The lowest BCUT2D eigenvalue weighted by Crippen LogP contribution is -2.45. The van der Waals surface area contributed by atoms with Crippen molar-refractivity contribution in [1.82, 2.24) is 9.80 Å². The fraction of sp³-hybridized carbons (Fsp3) is 0.414. The van der Waals surface area contributed by atoms with E-state index in [0.29, 0.717) is 37.8 Å². The molecule has 40 heavy (non-hydrogen) atoms. The lowest BCUT2D eigenvalue weighted by Gasteiger charge is -2.38. The SMILES string of the molecule is CN(C1=Nc2ccccc2CS1)C1CCN(CCCOCCc2ccc(F)c(F)c2)CC1.O=C(O)/C=C\C(=O)O. The van der Waals surface area contributed by atoms with Crippen molar-refractivity contribution in [3.8, 4) is 0 Å². The Morgan fingerprint density at radius 1 is 1.07 bits per heavy atom. The van der Waals surface area contributed by atoms with Crippen LogP contribution in [0.5, 0.6) is 0 Å². The molecule has 8 nitrogen and oxygen atoms in total. The molecule has 0 spiro atoms. The number of thioether (sulfide) groups is 1. The van der Waals surface area contributed by atoms with Crippen LogP contribution in [-0.4, -0.2) is 83.1 Å². The van der Waals surface area contributed by atoms with Crippen molar-refractivity contribution >= 4 is 34.6 Å². The van der Waals surface area contributed by atoms with E-state index in [1.807, 2.05) is 11.8 Å². The summed E-state index contributed by atoms with van der Waals surface area (Å²) in [6.07, 6.45) is 4.99. The summed E-state index contributed by atoms with van der Waals surface area (Å²) in [4.78, 5) is 28.9. The molecule has 1 saturated heterocycles. The first-order chi connectivity index (χ1) is 19.2. The molecule has 0 unspecified atom stereocenters. The highest BCUT2D eigenvalue weighted by atomic mass is 32.2. The first kappa shape index (κ1) is 31.3. The zero-order valence-corrected chi connectivity index (χ0v) is 23.3. The van der Waals surface area contributed by atoms with Crippen LogP contribution in [0, 0.1) is 11.6 Å². The third-order valence-electron chi connectivity index (χ3n) is 6.62. The third-order valence-corrected chi connectivity index (χ3v) is 7.71. The molecule has 0 aromatic heterocycles. The van der Waals surface area contributed by atoms with Gasteiger partial charge in [0.05, 0.1) is 12.3 Å². The number of halogens is 2. The number of likely N-dealkylation sites (tertiary alicyclic amines) is 1. The quantitative estimate of drug-likeness (QED) is 0.303. The van der Waals surface area contributed by atoms with Crippen LogP contribution in [0.2, 0.25) is 0 Å². The summed E-state index contributed by atoms with van der Waals surface area (Å²) in [7, 11) is 2.18. The minimum Gasteiger partial charge on any atom is -0.478 e. The summed E-state index contributed by atoms with van der Waals surface area (Å²) in [6, 6.07) is 13.0. The molecule has 11 heteroatoms. The fourth-order valence-corrected chi connectivity index (χ4v) is 5.45. The van der Waals surface area contributed by atoms with E-state index < -0.39 is 23.6 Å². The van der Waals surface area contributed by atoms with Crippen LogP contribution in [0.3, 0.4) is 0 Å². The van der Waals surface area contributed by atoms with Gasteiger partial charge in [-0.25, -0.2) is 23.4 Å². The van der Waals surface area contributed by atoms with Gasteiger partial charge in [0, 0.05) is 57.2 Å². The van der Waals surface area contributed by atoms with E-state index in [2.05, 4.69) is 41.1 Å². The molecular weight excluding hydrogens is 540 g/mol. The van der Waals surface area contributed by atoms with Gasteiger partial charge in [0.25, 0.3) is 0 Å². The number of nitrogens with zero attached hydrogens (tertiary/aromatic N) is 3. The van der Waals surface area contributed by atoms with E-state index in [0.717, 1.165) is 61.1 Å². The molecule has 2 aliphatic heterocycles. The first-order valence-electron chi connectivity index (χ1n) is 13.1. The zero-order valence-electron chi connectivity index (χ0n) is 22.5. The number of piperidine rings is 1. The number of carboxylic acid groups (broad SMARTS) is 2. The largest absolute Gasteiger partial charge is 0.478 e. The maximum Gasteiger partial charge on any atom is 0.328 e. The summed E-state index contributed by atoms with van der Waals surface area (Å²) >= 11 is 1.84. The Labute approximate surface area is 237 Å². The van der Waals surface area contributed by atoms with Gasteiger partial charge in [-0.2, -0.15) is 0 Å². The third kappa shape index (κ3) is 10.4. The number of carbonyl (C=O) groups is 2. The van der Waals surface area contributed by atoms with Crippen molar-refractivity contribution in [3.63, 3.8) is 0 Å². The Kier molecular flexibility index (Phi) is 12.6. The van der Waals surface area contributed by atoms with Crippen LogP contribution in [-0.2, 0) is 26.5 Å². The van der Waals surface area contributed by atoms with Crippen molar-refractivity contribution < 1.29 is 33.3 Å². The Hall–Kier alpha value is -3.28. The van der Waals surface area contributed by atoms with Crippen LogP contribution in [0.15, 0.2) is 59.6 Å². The van der Waals surface area contributed by atoms with E-state index in [9.17, 15) is 18.4 Å². The smallest absolute Gasteiger partial charge is 0.328 e. The lowest BCUT2D eigenvalue weighted by atomic mass is 10.0. The van der Waals surface area contributed by atoms with Crippen molar-refractivity contribution in [1.29, 1.82) is 0 Å². The molecule has 2 heterocycles. The zero-order chi connectivity index (χ0) is 28.9. The summed E-state index contributed by atoms with van der Waals surface area (Å²) in [5.74, 6) is -3.12. The second-order valence-electron chi connectivity index (χ2n) is 9.47. The number of carboxylic acids is 2. The molecule has 0 aliphatic carbocycles. The Morgan fingerprint density at radius 2 is 1.77 bits per heavy atom. The molecule has 0 atom stereocenters. The molecule has 2 N–H and O–H groups in total. The van der Waals surface area contributed by atoms with Crippen molar-refractivity contribution in [2.24, 2.45) is 4.99 Å². The van der Waals surface area contributed by atoms with Gasteiger partial charge in [0.15, 0.2) is 16.8 Å². The van der Waals surface area contributed by atoms with Crippen LogP contribution in [0.1, 0.15) is 30.4 Å². The molecule has 2 aromatic carbocycles. The number of para-hydroxylation sites is 1. The van der Waals surface area contributed by atoms with E-state index in [1.54, 1.807) is 6.07 Å². The number of fused-ring (bicyclic) bond motifs is 1. The van der Waals surface area contributed by atoms with Crippen molar-refractivity contribution in [2.45, 2.75) is 37.5 Å². The standard InChI is InChI=1S/C25H31F2N3OS.C4H4O4/c1-29(25-28-24-6-3-2-5-20(24)18-32-25)21-9-13-30(14-10-21)12-4-15-31-16-11-19-7-8-22(26)23(27)17-19;5-3(6)1-2-4(7)8/h2-3,5-8,17,21H,4,9-16,18H2,1H3;1-2H,(H,5,6)(H,7,8)/b;2-1-. The van der Waals surface area contributed by atoms with E-state index >= 15 is 0 Å². The highest BCUT2D eigenvalue weighted by Crippen LogP contribution is 2.32. The van der Waals surface area contributed by atoms with Crippen molar-refractivity contribution in [2.75, 3.05) is 39.9 Å². The number of aliphatic imine (C=N–C) groups is 1. The van der Waals surface area contributed by atoms with Gasteiger partial charge in [0.2, 0.25) is 0 Å². The maximum absolute atomic E-state index is 13.2. The van der Waals surface area contributed by atoms with Gasteiger partial charge in [0.1, 0.15) is 0 Å². The number of ether oxygens (including phenoxy) is 1. The van der Waals surface area contributed by atoms with Crippen LogP contribution >= 0.6 is 11.8 Å². The molecule has 0 saturated carbocycles. The maximum atomic E-state index is 13.2. The average Bonchev–Trinajstić information content (AvgIpc) is 2.95. The van der Waals surface area contributed by atoms with Gasteiger partial charge in [-0.15, -0.1) is 0 Å². The predicted octanol–water partition coefficient (Wildman–Crippen LogP) is 4.96. The second-order valence-corrected chi connectivity index (χ2v) is 10.4. The molecule has 0 amide bonds. The van der Waals surface area contributed by atoms with Gasteiger partial charge in [-0.05, 0) is 55.0 Å². The second kappa shape index (κ2) is 16.1. The van der Waals surface area contributed by atoms with E-state index in [1.165, 1.54) is 17.7 Å². The molecule has 216 valence electrons. The first-order valence-corrected chi connectivity index (χ1v) is 14.1. The summed E-state index contributed by atoms with van der Waals surface area (Å²) in [5.41, 5.74) is 3.19. The van der Waals surface area contributed by atoms with Crippen molar-refractivity contribution in [3.05, 3.63) is 77.4 Å². The Balaban J connectivity index is 0.000000482. The van der Waals surface area contributed by atoms with Crippen LogP contribution < -0.4 is 0 Å². The summed E-state index contributed by atoms with van der Waals surface area (Å²) in [6.45, 7) is 4.44. The minimum absolute atomic E-state index is 0.529. The monoisotopic (exact) mass is 575 g/mol. The molecule has 0 bridgehead atoms. The van der Waals surface area contributed by atoms with Gasteiger partial charge in [-0.3, -0.25) is 0 Å². The number of benzene rings is 2. The topological polar surface area (TPSA) is 103 Å². The van der Waals surface area contributed by atoms with E-state index in [4.69, 9.17) is 19.9 Å². The fourth-order valence-electron chi connectivity index (χ4n) is 4.41.